The highest BCUT2D eigenvalue weighted by Crippen LogP contribution is 2.24. The Kier molecular flexibility index (Phi) is 3.01. The number of nitrogens with zero attached hydrogens (tertiary/aromatic N) is 2. The molecule has 1 N–H and O–H groups in total. The standard InChI is InChI=1S/C13H15N3O/c1-9-5-11(7-14)12(6-10(9)2)16-4-3-15-13(17)8-16/h5-6H,3-4,8H2,1-2H3,(H,15,17). The van der Waals surface area contributed by atoms with Crippen LogP contribution in [0.25, 0.3) is 0 Å². The Morgan fingerprint density at radius 3 is 2.71 bits per heavy atom. The van der Waals surface area contributed by atoms with E-state index in [-0.39, 0.29) is 5.91 Å². The number of carbonyl (C=O) groups excluding carboxylic acids is 1. The van der Waals surface area contributed by atoms with E-state index in [0.29, 0.717) is 18.7 Å². The fourth-order valence-corrected chi connectivity index (χ4v) is 2.00. The van der Waals surface area contributed by atoms with Gasteiger partial charge in [-0.3, -0.25) is 4.79 Å². The third-order valence-electron chi connectivity index (χ3n) is 3.11. The molecule has 0 radical (unpaired) electrons. The number of nitriles is 1. The number of hydrogen-bond acceptors (Lipinski definition) is 3. The van der Waals surface area contributed by atoms with Crippen molar-refractivity contribution in [3.8, 4) is 6.07 Å². The highest BCUT2D eigenvalue weighted by Gasteiger charge is 2.19. The topological polar surface area (TPSA) is 56.1 Å². The highest BCUT2D eigenvalue weighted by atomic mass is 16.2. The van der Waals surface area contributed by atoms with Crippen LogP contribution in [0, 0.1) is 25.2 Å². The Morgan fingerprint density at radius 2 is 2.06 bits per heavy atom. The summed E-state index contributed by atoms with van der Waals surface area (Å²) in [6.07, 6.45) is 0. The SMILES string of the molecule is Cc1cc(C#N)c(N2CCNC(=O)C2)cc1C. The maximum absolute atomic E-state index is 11.4. The van der Waals surface area contributed by atoms with Crippen molar-refractivity contribution in [3.05, 3.63) is 28.8 Å². The molecule has 0 bridgehead atoms. The van der Waals surface area contributed by atoms with Gasteiger partial charge in [0.05, 0.1) is 17.8 Å². The zero-order valence-electron chi connectivity index (χ0n) is 10.1. The number of amides is 1. The molecular weight excluding hydrogens is 214 g/mol. The van der Waals surface area contributed by atoms with Gasteiger partial charge in [0, 0.05) is 13.1 Å². The summed E-state index contributed by atoms with van der Waals surface area (Å²) in [6, 6.07) is 6.08. The lowest BCUT2D eigenvalue weighted by Gasteiger charge is -2.29. The van der Waals surface area contributed by atoms with Gasteiger partial charge in [-0.15, -0.1) is 0 Å². The monoisotopic (exact) mass is 229 g/mol. The van der Waals surface area contributed by atoms with Crippen molar-refractivity contribution in [1.82, 2.24) is 5.32 Å². The van der Waals surface area contributed by atoms with Crippen LogP contribution >= 0.6 is 0 Å². The number of aryl methyl sites for hydroxylation is 2. The number of anilines is 1. The number of benzene rings is 1. The Bertz CT molecular complexity index is 502. The molecule has 88 valence electrons. The van der Waals surface area contributed by atoms with Crippen molar-refractivity contribution in [2.45, 2.75) is 13.8 Å². The minimum atomic E-state index is 0.0124. The van der Waals surface area contributed by atoms with Gasteiger partial charge in [0.25, 0.3) is 0 Å². The van der Waals surface area contributed by atoms with Crippen molar-refractivity contribution >= 4 is 11.6 Å². The highest BCUT2D eigenvalue weighted by molar-refractivity contribution is 5.83. The summed E-state index contributed by atoms with van der Waals surface area (Å²) in [7, 11) is 0. The number of piperazine rings is 1. The van der Waals surface area contributed by atoms with Gasteiger partial charge >= 0.3 is 0 Å². The van der Waals surface area contributed by atoms with Crippen molar-refractivity contribution < 1.29 is 4.79 Å². The van der Waals surface area contributed by atoms with Crippen molar-refractivity contribution in [2.24, 2.45) is 0 Å². The van der Waals surface area contributed by atoms with Crippen molar-refractivity contribution in [1.29, 1.82) is 5.26 Å². The molecule has 1 aliphatic heterocycles. The van der Waals surface area contributed by atoms with E-state index in [0.717, 1.165) is 23.4 Å². The van der Waals surface area contributed by atoms with Gasteiger partial charge in [-0.2, -0.15) is 5.26 Å². The maximum Gasteiger partial charge on any atom is 0.239 e. The fraction of sp³-hybridized carbons (Fsp3) is 0.385. The Hall–Kier alpha value is -2.02. The molecule has 1 aliphatic rings. The summed E-state index contributed by atoms with van der Waals surface area (Å²) in [6.45, 7) is 5.73. The third kappa shape index (κ3) is 2.23. The van der Waals surface area contributed by atoms with E-state index in [1.165, 1.54) is 0 Å². The Labute approximate surface area is 101 Å². The van der Waals surface area contributed by atoms with E-state index in [1.54, 1.807) is 0 Å². The molecular formula is C13H15N3O. The molecule has 0 spiro atoms. The van der Waals surface area contributed by atoms with E-state index in [2.05, 4.69) is 11.4 Å². The van der Waals surface area contributed by atoms with Crippen molar-refractivity contribution in [2.75, 3.05) is 24.5 Å². The molecule has 1 saturated heterocycles. The predicted molar refractivity (Wildman–Crippen MR) is 65.9 cm³/mol. The molecule has 4 nitrogen and oxygen atoms in total. The largest absolute Gasteiger partial charge is 0.359 e. The van der Waals surface area contributed by atoms with Crippen LogP contribution in [-0.2, 0) is 4.79 Å². The molecule has 1 amide bonds. The zero-order valence-corrected chi connectivity index (χ0v) is 10.1. The number of carbonyl (C=O) groups is 1. The van der Waals surface area contributed by atoms with E-state index >= 15 is 0 Å². The lowest BCUT2D eigenvalue weighted by Crippen LogP contribution is -2.48. The molecule has 0 saturated carbocycles. The predicted octanol–water partition coefficient (Wildman–Crippen LogP) is 1.11. The number of nitrogens with one attached hydrogen (secondary N) is 1. The molecule has 17 heavy (non-hydrogen) atoms. The van der Waals surface area contributed by atoms with E-state index in [9.17, 15) is 4.79 Å². The van der Waals surface area contributed by atoms with Crippen LogP contribution in [0.15, 0.2) is 12.1 Å². The van der Waals surface area contributed by atoms with Gasteiger partial charge in [0.2, 0.25) is 5.91 Å². The van der Waals surface area contributed by atoms with E-state index < -0.39 is 0 Å². The average molecular weight is 229 g/mol. The summed E-state index contributed by atoms with van der Waals surface area (Å²) in [4.78, 5) is 13.3. The van der Waals surface area contributed by atoms with E-state index in [1.807, 2.05) is 30.9 Å². The Balaban J connectivity index is 2.40. The molecule has 2 rings (SSSR count). The summed E-state index contributed by atoms with van der Waals surface area (Å²) in [5.74, 6) is 0.0124. The molecule has 1 fully saturated rings. The third-order valence-corrected chi connectivity index (χ3v) is 3.11. The minimum Gasteiger partial charge on any atom is -0.359 e. The maximum atomic E-state index is 11.4. The van der Waals surface area contributed by atoms with Crippen LogP contribution < -0.4 is 10.2 Å². The lowest BCUT2D eigenvalue weighted by molar-refractivity contribution is -0.120. The van der Waals surface area contributed by atoms with Crippen molar-refractivity contribution in [3.63, 3.8) is 0 Å². The second-order valence-corrected chi connectivity index (χ2v) is 4.34. The quantitative estimate of drug-likeness (QED) is 0.785. The van der Waals surface area contributed by atoms with Crippen LogP contribution in [0.5, 0.6) is 0 Å². The molecule has 4 heteroatoms. The van der Waals surface area contributed by atoms with Gasteiger partial charge in [-0.05, 0) is 37.1 Å². The van der Waals surface area contributed by atoms with E-state index in [4.69, 9.17) is 5.26 Å². The lowest BCUT2D eigenvalue weighted by atomic mass is 10.0. The second-order valence-electron chi connectivity index (χ2n) is 4.34. The number of rotatable bonds is 1. The molecule has 0 aliphatic carbocycles. The fourth-order valence-electron chi connectivity index (χ4n) is 2.00. The summed E-state index contributed by atoms with van der Waals surface area (Å²) in [5.41, 5.74) is 3.75. The molecule has 0 unspecified atom stereocenters. The molecule has 1 aromatic carbocycles. The van der Waals surface area contributed by atoms with Gasteiger partial charge in [0.1, 0.15) is 6.07 Å². The summed E-state index contributed by atoms with van der Waals surface area (Å²) < 4.78 is 0. The smallest absolute Gasteiger partial charge is 0.239 e. The second kappa shape index (κ2) is 4.46. The molecule has 0 aromatic heterocycles. The first kappa shape index (κ1) is 11.5. The minimum absolute atomic E-state index is 0.0124. The molecule has 1 aromatic rings. The molecule has 0 atom stereocenters. The van der Waals surface area contributed by atoms with Gasteiger partial charge in [0.15, 0.2) is 0 Å². The van der Waals surface area contributed by atoms with Crippen LogP contribution in [0.4, 0.5) is 5.69 Å². The van der Waals surface area contributed by atoms with Crippen LogP contribution in [0.3, 0.4) is 0 Å². The van der Waals surface area contributed by atoms with Gasteiger partial charge < -0.3 is 10.2 Å². The zero-order chi connectivity index (χ0) is 12.4. The average Bonchev–Trinajstić information content (AvgIpc) is 2.32. The number of hydrogen-bond donors (Lipinski definition) is 1. The van der Waals surface area contributed by atoms with Crippen LogP contribution in [0.2, 0.25) is 0 Å². The van der Waals surface area contributed by atoms with Crippen LogP contribution in [0.1, 0.15) is 16.7 Å². The first-order valence-electron chi connectivity index (χ1n) is 5.65. The van der Waals surface area contributed by atoms with Gasteiger partial charge in [-0.25, -0.2) is 0 Å². The summed E-state index contributed by atoms with van der Waals surface area (Å²) in [5, 5.41) is 11.9. The first-order chi connectivity index (χ1) is 8.11. The normalized spacial score (nSPS) is 15.4. The first-order valence-corrected chi connectivity index (χ1v) is 5.65. The van der Waals surface area contributed by atoms with Crippen LogP contribution in [-0.4, -0.2) is 25.5 Å². The Morgan fingerprint density at radius 1 is 1.35 bits per heavy atom. The van der Waals surface area contributed by atoms with Gasteiger partial charge in [-0.1, -0.05) is 0 Å². The summed E-state index contributed by atoms with van der Waals surface area (Å²) >= 11 is 0. The molecule has 1 heterocycles.